The summed E-state index contributed by atoms with van der Waals surface area (Å²) in [6.45, 7) is 1.93. The van der Waals surface area contributed by atoms with Crippen molar-refractivity contribution in [2.45, 2.75) is 38.6 Å². The minimum Gasteiger partial charge on any atom is -0.466 e. The molecule has 1 atom stereocenters. The summed E-state index contributed by atoms with van der Waals surface area (Å²) in [5.74, 6) is 1.98. The highest BCUT2D eigenvalue weighted by atomic mass is 16.3. The number of hydrogen-bond acceptors (Lipinski definition) is 3. The van der Waals surface area contributed by atoms with E-state index in [2.05, 4.69) is 0 Å². The average molecular weight is 195 g/mol. The van der Waals surface area contributed by atoms with Gasteiger partial charge in [-0.3, -0.25) is 0 Å². The normalized spacial score (nSPS) is 17.9. The van der Waals surface area contributed by atoms with E-state index in [4.69, 9.17) is 15.3 Å². The van der Waals surface area contributed by atoms with Gasteiger partial charge in [-0.05, 0) is 31.7 Å². The Hall–Kier alpha value is -0.800. The van der Waals surface area contributed by atoms with Gasteiger partial charge >= 0.3 is 0 Å². The summed E-state index contributed by atoms with van der Waals surface area (Å²) in [5.41, 5.74) is 8.16. The maximum absolute atomic E-state index is 9.07. The van der Waals surface area contributed by atoms with Crippen LogP contribution in [0.25, 0.3) is 0 Å². The number of aliphatic hydroxyl groups excluding tert-OH is 1. The Kier molecular flexibility index (Phi) is 2.61. The van der Waals surface area contributed by atoms with Crippen molar-refractivity contribution in [3.8, 4) is 0 Å². The number of rotatable bonds is 2. The third-order valence-corrected chi connectivity index (χ3v) is 2.97. The van der Waals surface area contributed by atoms with Crippen molar-refractivity contribution in [1.29, 1.82) is 0 Å². The van der Waals surface area contributed by atoms with Crippen LogP contribution in [0.5, 0.6) is 0 Å². The van der Waals surface area contributed by atoms with Crippen LogP contribution in [0, 0.1) is 6.92 Å². The van der Waals surface area contributed by atoms with Crippen molar-refractivity contribution >= 4 is 0 Å². The Morgan fingerprint density at radius 2 is 2.14 bits per heavy atom. The summed E-state index contributed by atoms with van der Waals surface area (Å²) in [6, 6.07) is -0.277. The van der Waals surface area contributed by atoms with Gasteiger partial charge in [-0.25, -0.2) is 0 Å². The van der Waals surface area contributed by atoms with Crippen LogP contribution >= 0.6 is 0 Å². The van der Waals surface area contributed by atoms with E-state index in [1.54, 1.807) is 0 Å². The molecule has 1 heterocycles. The lowest BCUT2D eigenvalue weighted by atomic mass is 9.92. The van der Waals surface area contributed by atoms with Gasteiger partial charge in [0.1, 0.15) is 11.5 Å². The van der Waals surface area contributed by atoms with Crippen LogP contribution in [-0.2, 0) is 12.8 Å². The van der Waals surface area contributed by atoms with E-state index in [9.17, 15) is 0 Å². The number of fused-ring (bicyclic) bond motifs is 1. The zero-order valence-electron chi connectivity index (χ0n) is 8.55. The highest BCUT2D eigenvalue weighted by Crippen LogP contribution is 2.32. The first-order valence-corrected chi connectivity index (χ1v) is 5.21. The average Bonchev–Trinajstić information content (AvgIpc) is 2.53. The lowest BCUT2D eigenvalue weighted by Gasteiger charge is -2.13. The van der Waals surface area contributed by atoms with E-state index in [1.165, 1.54) is 18.4 Å². The summed E-state index contributed by atoms with van der Waals surface area (Å²) < 4.78 is 5.67. The van der Waals surface area contributed by atoms with Gasteiger partial charge in [0, 0.05) is 12.0 Å². The zero-order valence-corrected chi connectivity index (χ0v) is 8.55. The number of nitrogens with two attached hydrogens (primary N) is 1. The van der Waals surface area contributed by atoms with Crippen LogP contribution in [0.2, 0.25) is 0 Å². The van der Waals surface area contributed by atoms with Gasteiger partial charge in [-0.1, -0.05) is 0 Å². The molecule has 3 N–H and O–H groups in total. The maximum atomic E-state index is 9.07. The Morgan fingerprint density at radius 3 is 2.86 bits per heavy atom. The van der Waals surface area contributed by atoms with Gasteiger partial charge in [0.15, 0.2) is 0 Å². The zero-order chi connectivity index (χ0) is 10.1. The fourth-order valence-electron chi connectivity index (χ4n) is 2.30. The molecule has 14 heavy (non-hydrogen) atoms. The van der Waals surface area contributed by atoms with E-state index in [1.807, 2.05) is 6.92 Å². The van der Waals surface area contributed by atoms with Crippen LogP contribution < -0.4 is 5.73 Å². The van der Waals surface area contributed by atoms with Crippen molar-refractivity contribution in [1.82, 2.24) is 0 Å². The molecule has 0 spiro atoms. The van der Waals surface area contributed by atoms with Gasteiger partial charge in [-0.2, -0.15) is 0 Å². The molecule has 1 aromatic rings. The van der Waals surface area contributed by atoms with Crippen LogP contribution in [0.3, 0.4) is 0 Å². The topological polar surface area (TPSA) is 59.4 Å². The quantitative estimate of drug-likeness (QED) is 0.751. The molecular weight excluding hydrogens is 178 g/mol. The first kappa shape index (κ1) is 9.74. The van der Waals surface area contributed by atoms with Crippen LogP contribution in [-0.4, -0.2) is 11.7 Å². The number of aliphatic hydroxyl groups is 1. The maximum Gasteiger partial charge on any atom is 0.107 e. The van der Waals surface area contributed by atoms with Gasteiger partial charge in [-0.15, -0.1) is 0 Å². The highest BCUT2D eigenvalue weighted by Gasteiger charge is 2.23. The number of furan rings is 1. The molecule has 0 fully saturated rings. The lowest BCUT2D eigenvalue weighted by molar-refractivity contribution is 0.266. The van der Waals surface area contributed by atoms with Crippen molar-refractivity contribution in [3.63, 3.8) is 0 Å². The molecule has 1 aliphatic rings. The molecule has 3 nitrogen and oxygen atoms in total. The predicted octanol–water partition coefficient (Wildman–Crippen LogP) is 1.46. The first-order valence-electron chi connectivity index (χ1n) is 5.21. The van der Waals surface area contributed by atoms with Gasteiger partial charge < -0.3 is 15.3 Å². The molecule has 0 aliphatic heterocycles. The van der Waals surface area contributed by atoms with Gasteiger partial charge in [0.25, 0.3) is 0 Å². The molecule has 0 radical (unpaired) electrons. The molecule has 0 saturated carbocycles. The monoisotopic (exact) mass is 195 g/mol. The summed E-state index contributed by atoms with van der Waals surface area (Å²) >= 11 is 0. The van der Waals surface area contributed by atoms with Crippen LogP contribution in [0.1, 0.15) is 41.5 Å². The molecular formula is C11H17NO2. The third-order valence-electron chi connectivity index (χ3n) is 2.97. The van der Waals surface area contributed by atoms with E-state index >= 15 is 0 Å². The number of hydrogen-bond donors (Lipinski definition) is 2. The largest absolute Gasteiger partial charge is 0.466 e. The molecule has 0 aromatic carbocycles. The standard InChI is InChI=1S/C11H17NO2/c1-7-11(9(12)6-13)8-4-2-3-5-10(8)14-7/h9,13H,2-6,12H2,1H3. The minimum absolute atomic E-state index is 0.00713. The Balaban J connectivity index is 2.42. The van der Waals surface area contributed by atoms with E-state index < -0.39 is 0 Å². The Bertz CT molecular complexity index is 330. The van der Waals surface area contributed by atoms with Gasteiger partial charge in [0.2, 0.25) is 0 Å². The fraction of sp³-hybridized carbons (Fsp3) is 0.636. The number of aryl methyl sites for hydroxylation is 2. The summed E-state index contributed by atoms with van der Waals surface area (Å²) in [6.07, 6.45) is 4.48. The van der Waals surface area contributed by atoms with Crippen molar-refractivity contribution in [2.75, 3.05) is 6.61 Å². The molecule has 2 rings (SSSR count). The lowest BCUT2D eigenvalue weighted by Crippen LogP contribution is -2.17. The van der Waals surface area contributed by atoms with Crippen molar-refractivity contribution in [2.24, 2.45) is 5.73 Å². The molecule has 1 unspecified atom stereocenters. The Morgan fingerprint density at radius 1 is 1.43 bits per heavy atom. The summed E-state index contributed by atoms with van der Waals surface area (Å²) in [7, 11) is 0. The first-order chi connectivity index (χ1) is 6.74. The van der Waals surface area contributed by atoms with Gasteiger partial charge in [0.05, 0.1) is 12.6 Å². The molecule has 3 heteroatoms. The summed E-state index contributed by atoms with van der Waals surface area (Å²) in [4.78, 5) is 0. The Labute approximate surface area is 83.9 Å². The van der Waals surface area contributed by atoms with Crippen LogP contribution in [0.15, 0.2) is 4.42 Å². The fourth-order valence-corrected chi connectivity index (χ4v) is 2.30. The van der Waals surface area contributed by atoms with E-state index in [0.29, 0.717) is 0 Å². The second-order valence-corrected chi connectivity index (χ2v) is 3.97. The molecule has 78 valence electrons. The molecule has 0 bridgehead atoms. The molecule has 1 aromatic heterocycles. The highest BCUT2D eigenvalue weighted by molar-refractivity contribution is 5.37. The smallest absolute Gasteiger partial charge is 0.107 e. The second kappa shape index (κ2) is 3.75. The molecule has 0 saturated heterocycles. The third kappa shape index (κ3) is 1.47. The minimum atomic E-state index is -0.277. The van der Waals surface area contributed by atoms with Crippen molar-refractivity contribution in [3.05, 3.63) is 22.6 Å². The van der Waals surface area contributed by atoms with E-state index in [0.717, 1.165) is 29.9 Å². The van der Waals surface area contributed by atoms with Crippen LogP contribution in [0.4, 0.5) is 0 Å². The summed E-state index contributed by atoms with van der Waals surface area (Å²) in [5, 5.41) is 9.07. The molecule has 0 amide bonds. The SMILES string of the molecule is Cc1oc2c(c1C(N)CO)CCCC2. The predicted molar refractivity (Wildman–Crippen MR) is 54.1 cm³/mol. The molecule has 1 aliphatic carbocycles. The van der Waals surface area contributed by atoms with Crippen molar-refractivity contribution < 1.29 is 9.52 Å². The second-order valence-electron chi connectivity index (χ2n) is 3.97. The van der Waals surface area contributed by atoms with E-state index in [-0.39, 0.29) is 12.6 Å².